The van der Waals surface area contributed by atoms with Crippen molar-refractivity contribution in [2.75, 3.05) is 17.7 Å². The van der Waals surface area contributed by atoms with E-state index in [1.807, 2.05) is 0 Å². The molecule has 108 valence electrons. The number of hydrogen-bond donors (Lipinski definition) is 2. The van der Waals surface area contributed by atoms with E-state index in [1.165, 1.54) is 13.4 Å². The first-order chi connectivity index (χ1) is 9.40. The van der Waals surface area contributed by atoms with Gasteiger partial charge in [-0.2, -0.15) is 13.2 Å². The Morgan fingerprint density at radius 1 is 1.25 bits per heavy atom. The van der Waals surface area contributed by atoms with Crippen molar-refractivity contribution in [3.8, 4) is 0 Å². The SMILES string of the molecule is CNc1cc(C(F)(F)F)cc(NCc2nncn2C)n1. The number of alkyl halides is 3. The predicted molar refractivity (Wildman–Crippen MR) is 67.1 cm³/mol. The zero-order valence-electron chi connectivity index (χ0n) is 10.9. The summed E-state index contributed by atoms with van der Waals surface area (Å²) in [6.45, 7) is 0.230. The molecule has 20 heavy (non-hydrogen) atoms. The van der Waals surface area contributed by atoms with Crippen molar-refractivity contribution < 1.29 is 13.2 Å². The Morgan fingerprint density at radius 3 is 2.50 bits per heavy atom. The summed E-state index contributed by atoms with van der Waals surface area (Å²) in [5.74, 6) is 0.850. The van der Waals surface area contributed by atoms with Crippen molar-refractivity contribution in [1.82, 2.24) is 19.7 Å². The van der Waals surface area contributed by atoms with Gasteiger partial charge < -0.3 is 15.2 Å². The fraction of sp³-hybridized carbons (Fsp3) is 0.364. The lowest BCUT2D eigenvalue weighted by Crippen LogP contribution is -2.11. The van der Waals surface area contributed by atoms with Crippen LogP contribution >= 0.6 is 0 Å². The molecule has 0 aliphatic heterocycles. The van der Waals surface area contributed by atoms with Crippen molar-refractivity contribution in [2.24, 2.45) is 7.05 Å². The van der Waals surface area contributed by atoms with Crippen LogP contribution in [0.25, 0.3) is 0 Å². The second-order valence-electron chi connectivity index (χ2n) is 4.09. The van der Waals surface area contributed by atoms with Crippen LogP contribution in [0.3, 0.4) is 0 Å². The molecule has 0 amide bonds. The van der Waals surface area contributed by atoms with E-state index < -0.39 is 11.7 Å². The molecule has 2 heterocycles. The Balaban J connectivity index is 2.21. The van der Waals surface area contributed by atoms with E-state index in [-0.39, 0.29) is 18.2 Å². The first kappa shape index (κ1) is 14.1. The lowest BCUT2D eigenvalue weighted by atomic mass is 10.2. The molecule has 0 spiro atoms. The van der Waals surface area contributed by atoms with Crippen molar-refractivity contribution in [2.45, 2.75) is 12.7 Å². The molecule has 2 N–H and O–H groups in total. The Hall–Kier alpha value is -2.32. The summed E-state index contributed by atoms with van der Waals surface area (Å²) in [5, 5.41) is 12.9. The molecule has 2 aromatic heterocycles. The van der Waals surface area contributed by atoms with E-state index in [9.17, 15) is 13.2 Å². The maximum atomic E-state index is 12.8. The predicted octanol–water partition coefficient (Wildman–Crippen LogP) is 1.88. The Bertz CT molecular complexity index is 592. The molecule has 2 aromatic rings. The van der Waals surface area contributed by atoms with E-state index in [2.05, 4.69) is 25.8 Å². The van der Waals surface area contributed by atoms with Gasteiger partial charge in [0.2, 0.25) is 0 Å². The number of nitrogens with one attached hydrogen (secondary N) is 2. The molecule has 0 aromatic carbocycles. The minimum Gasteiger partial charge on any atom is -0.373 e. The average molecular weight is 286 g/mol. The number of pyridine rings is 1. The lowest BCUT2D eigenvalue weighted by Gasteiger charge is -2.12. The third-order valence-corrected chi connectivity index (χ3v) is 2.64. The molecule has 0 bridgehead atoms. The maximum Gasteiger partial charge on any atom is 0.416 e. The highest BCUT2D eigenvalue weighted by molar-refractivity contribution is 5.49. The van der Waals surface area contributed by atoms with Crippen LogP contribution in [0.1, 0.15) is 11.4 Å². The molecule has 0 saturated heterocycles. The van der Waals surface area contributed by atoms with Gasteiger partial charge >= 0.3 is 6.18 Å². The molecule has 9 heteroatoms. The van der Waals surface area contributed by atoms with Crippen LogP contribution in [-0.4, -0.2) is 26.8 Å². The normalized spacial score (nSPS) is 11.4. The number of aryl methyl sites for hydroxylation is 1. The van der Waals surface area contributed by atoms with Gasteiger partial charge in [-0.05, 0) is 12.1 Å². The number of halogens is 3. The third kappa shape index (κ3) is 3.16. The molecular weight excluding hydrogens is 273 g/mol. The highest BCUT2D eigenvalue weighted by Gasteiger charge is 2.31. The second kappa shape index (κ2) is 5.35. The van der Waals surface area contributed by atoms with Crippen LogP contribution in [0.5, 0.6) is 0 Å². The topological polar surface area (TPSA) is 67.7 Å². The lowest BCUT2D eigenvalue weighted by molar-refractivity contribution is -0.137. The maximum absolute atomic E-state index is 12.8. The molecule has 0 unspecified atom stereocenters. The monoisotopic (exact) mass is 286 g/mol. The number of anilines is 2. The zero-order valence-corrected chi connectivity index (χ0v) is 10.9. The molecule has 0 atom stereocenters. The van der Waals surface area contributed by atoms with E-state index >= 15 is 0 Å². The van der Waals surface area contributed by atoms with Gasteiger partial charge in [-0.3, -0.25) is 0 Å². The van der Waals surface area contributed by atoms with Crippen LogP contribution in [-0.2, 0) is 19.8 Å². The minimum absolute atomic E-state index is 0.118. The van der Waals surface area contributed by atoms with E-state index in [0.717, 1.165) is 12.1 Å². The summed E-state index contributed by atoms with van der Waals surface area (Å²) >= 11 is 0. The largest absolute Gasteiger partial charge is 0.416 e. The number of hydrogen-bond acceptors (Lipinski definition) is 5. The fourth-order valence-corrected chi connectivity index (χ4v) is 1.55. The smallest absolute Gasteiger partial charge is 0.373 e. The Kier molecular flexibility index (Phi) is 3.77. The number of aromatic nitrogens is 4. The van der Waals surface area contributed by atoms with E-state index in [4.69, 9.17) is 0 Å². The zero-order chi connectivity index (χ0) is 14.8. The average Bonchev–Trinajstić information content (AvgIpc) is 2.80. The van der Waals surface area contributed by atoms with Crippen molar-refractivity contribution in [1.29, 1.82) is 0 Å². The summed E-state index contributed by atoms with van der Waals surface area (Å²) < 4.78 is 39.9. The van der Waals surface area contributed by atoms with Gasteiger partial charge in [0, 0.05) is 14.1 Å². The molecule has 0 radical (unpaired) electrons. The number of nitrogens with zero attached hydrogens (tertiary/aromatic N) is 4. The van der Waals surface area contributed by atoms with Gasteiger partial charge in [0.1, 0.15) is 18.0 Å². The van der Waals surface area contributed by atoms with Crippen molar-refractivity contribution in [3.63, 3.8) is 0 Å². The van der Waals surface area contributed by atoms with Crippen LogP contribution in [0.4, 0.5) is 24.8 Å². The van der Waals surface area contributed by atoms with Gasteiger partial charge in [0.15, 0.2) is 5.82 Å². The minimum atomic E-state index is -4.42. The van der Waals surface area contributed by atoms with Gasteiger partial charge in [0.05, 0.1) is 12.1 Å². The van der Waals surface area contributed by atoms with E-state index in [1.54, 1.807) is 11.6 Å². The fourth-order valence-electron chi connectivity index (χ4n) is 1.55. The van der Waals surface area contributed by atoms with Gasteiger partial charge in [-0.15, -0.1) is 10.2 Å². The standard InChI is InChI=1S/C11H13F3N6/c1-15-8-3-7(11(12,13)14)4-9(18-8)16-5-10-19-17-6-20(10)2/h3-4,6H,5H2,1-2H3,(H2,15,16,18). The van der Waals surface area contributed by atoms with Crippen LogP contribution in [0.2, 0.25) is 0 Å². The summed E-state index contributed by atoms with van der Waals surface area (Å²) in [4.78, 5) is 4.01. The molecular formula is C11H13F3N6. The molecule has 6 nitrogen and oxygen atoms in total. The van der Waals surface area contributed by atoms with Gasteiger partial charge in [0.25, 0.3) is 0 Å². The van der Waals surface area contributed by atoms with Gasteiger partial charge in [-0.25, -0.2) is 4.98 Å². The third-order valence-electron chi connectivity index (χ3n) is 2.64. The van der Waals surface area contributed by atoms with Crippen LogP contribution in [0, 0.1) is 0 Å². The summed E-state index contributed by atoms with van der Waals surface area (Å²) in [6, 6.07) is 1.91. The Labute approximate surface area is 113 Å². The summed E-state index contributed by atoms with van der Waals surface area (Å²) in [6.07, 6.45) is -2.91. The molecule has 2 rings (SSSR count). The molecule has 0 aliphatic carbocycles. The van der Waals surface area contributed by atoms with E-state index in [0.29, 0.717) is 5.82 Å². The van der Waals surface area contributed by atoms with Gasteiger partial charge in [-0.1, -0.05) is 0 Å². The summed E-state index contributed by atoms with van der Waals surface area (Å²) in [7, 11) is 3.25. The Morgan fingerprint density at radius 2 is 1.95 bits per heavy atom. The van der Waals surface area contributed by atoms with Crippen molar-refractivity contribution >= 4 is 11.6 Å². The summed E-state index contributed by atoms with van der Waals surface area (Å²) in [5.41, 5.74) is -0.766. The highest BCUT2D eigenvalue weighted by Crippen LogP contribution is 2.31. The molecule has 0 aliphatic rings. The van der Waals surface area contributed by atoms with Crippen LogP contribution in [0.15, 0.2) is 18.5 Å². The second-order valence-corrected chi connectivity index (χ2v) is 4.09. The molecule has 0 fully saturated rings. The molecule has 0 saturated carbocycles. The first-order valence-corrected chi connectivity index (χ1v) is 5.74. The quantitative estimate of drug-likeness (QED) is 0.898. The first-order valence-electron chi connectivity index (χ1n) is 5.74. The number of rotatable bonds is 4. The van der Waals surface area contributed by atoms with Crippen LogP contribution < -0.4 is 10.6 Å². The van der Waals surface area contributed by atoms with Crippen molar-refractivity contribution in [3.05, 3.63) is 29.8 Å². The highest BCUT2D eigenvalue weighted by atomic mass is 19.4.